The van der Waals surface area contributed by atoms with Crippen molar-refractivity contribution in [1.29, 1.82) is 0 Å². The third-order valence-corrected chi connectivity index (χ3v) is 5.71. The first-order chi connectivity index (χ1) is 8.22. The Hall–Kier alpha value is -0.140. The molecule has 1 aliphatic rings. The molecule has 1 fully saturated rings. The summed E-state index contributed by atoms with van der Waals surface area (Å²) >= 11 is 9.81. The predicted octanol–water partition coefficient (Wildman–Crippen LogP) is 1.67. The largest absolute Gasteiger partial charge is 0.383 e. The van der Waals surface area contributed by atoms with Crippen LogP contribution in [0.25, 0.3) is 0 Å². The molecule has 94 valence electrons. The topological polar surface area (TPSA) is 77.0 Å². The van der Waals surface area contributed by atoms with Crippen molar-refractivity contribution < 1.29 is 0 Å². The van der Waals surface area contributed by atoms with E-state index in [1.165, 1.54) is 5.75 Å². The van der Waals surface area contributed by atoms with Crippen LogP contribution in [0.15, 0.2) is 12.3 Å². The van der Waals surface area contributed by atoms with E-state index in [0.29, 0.717) is 16.1 Å². The average molecular weight is 291 g/mol. The van der Waals surface area contributed by atoms with Crippen LogP contribution in [-0.2, 0) is 0 Å². The molecule has 2 heterocycles. The Morgan fingerprint density at radius 3 is 3.00 bits per heavy atom. The van der Waals surface area contributed by atoms with Crippen LogP contribution in [0.2, 0.25) is 5.02 Å². The molecule has 5 N–H and O–H groups in total. The minimum Gasteiger partial charge on any atom is -0.383 e. The number of aromatic nitrogens is 1. The first kappa shape index (κ1) is 13.3. The van der Waals surface area contributed by atoms with E-state index in [4.69, 9.17) is 23.2 Å². The highest BCUT2D eigenvalue weighted by Gasteiger charge is 2.27. The molecule has 7 heteroatoms. The van der Waals surface area contributed by atoms with Gasteiger partial charge in [-0.2, -0.15) is 23.5 Å². The van der Waals surface area contributed by atoms with E-state index in [-0.39, 0.29) is 6.04 Å². The Balaban J connectivity index is 2.24. The molecule has 0 spiro atoms. The molecule has 2 atom stereocenters. The molecule has 0 amide bonds. The minimum atomic E-state index is -0.000926. The summed E-state index contributed by atoms with van der Waals surface area (Å²) in [5.41, 5.74) is 9.62. The Kier molecular flexibility index (Phi) is 4.81. The van der Waals surface area contributed by atoms with Gasteiger partial charge in [-0.15, -0.1) is 0 Å². The second-order valence-electron chi connectivity index (χ2n) is 3.76. The monoisotopic (exact) mass is 290 g/mol. The van der Waals surface area contributed by atoms with Crippen LogP contribution < -0.4 is 17.0 Å². The van der Waals surface area contributed by atoms with Crippen LogP contribution in [0.3, 0.4) is 0 Å². The molecule has 1 aliphatic heterocycles. The van der Waals surface area contributed by atoms with Crippen molar-refractivity contribution in [2.75, 3.05) is 23.0 Å². The van der Waals surface area contributed by atoms with Gasteiger partial charge in [0.25, 0.3) is 0 Å². The fourth-order valence-corrected chi connectivity index (χ4v) is 4.82. The second-order valence-corrected chi connectivity index (χ2v) is 6.69. The minimum absolute atomic E-state index is 0.000926. The van der Waals surface area contributed by atoms with E-state index < -0.39 is 0 Å². The first-order valence-electron chi connectivity index (χ1n) is 5.28. The molecule has 0 aliphatic carbocycles. The zero-order valence-electron chi connectivity index (χ0n) is 9.23. The van der Waals surface area contributed by atoms with E-state index >= 15 is 0 Å². The molecule has 2 rings (SSSR count). The smallest absolute Gasteiger partial charge is 0.128 e. The fourth-order valence-electron chi connectivity index (χ4n) is 1.81. The van der Waals surface area contributed by atoms with Crippen LogP contribution in [0.1, 0.15) is 11.6 Å². The van der Waals surface area contributed by atoms with Gasteiger partial charge in [0.2, 0.25) is 0 Å². The Morgan fingerprint density at radius 1 is 1.53 bits per heavy atom. The zero-order valence-corrected chi connectivity index (χ0v) is 11.6. The van der Waals surface area contributed by atoms with Gasteiger partial charge < -0.3 is 5.73 Å². The molecule has 2 unspecified atom stereocenters. The summed E-state index contributed by atoms with van der Waals surface area (Å²) in [7, 11) is 0. The lowest BCUT2D eigenvalue weighted by Crippen LogP contribution is -2.38. The number of nitrogen functional groups attached to an aromatic ring is 1. The van der Waals surface area contributed by atoms with E-state index in [0.717, 1.165) is 17.1 Å². The second kappa shape index (κ2) is 6.15. The third kappa shape index (κ3) is 3.20. The highest BCUT2D eigenvalue weighted by molar-refractivity contribution is 8.06. The van der Waals surface area contributed by atoms with Crippen molar-refractivity contribution in [3.05, 3.63) is 22.8 Å². The Labute approximate surface area is 114 Å². The summed E-state index contributed by atoms with van der Waals surface area (Å²) < 4.78 is 0. The molecule has 1 aromatic heterocycles. The third-order valence-electron chi connectivity index (χ3n) is 2.64. The van der Waals surface area contributed by atoms with Crippen LogP contribution in [0.4, 0.5) is 5.82 Å². The molecule has 0 radical (unpaired) electrons. The van der Waals surface area contributed by atoms with Crippen LogP contribution in [0.5, 0.6) is 0 Å². The number of hydrogen-bond donors (Lipinski definition) is 3. The fraction of sp³-hybridized carbons (Fsp3) is 0.500. The summed E-state index contributed by atoms with van der Waals surface area (Å²) in [5.74, 6) is 9.55. The number of hydrogen-bond acceptors (Lipinski definition) is 6. The normalized spacial score (nSPS) is 22.4. The van der Waals surface area contributed by atoms with Crippen molar-refractivity contribution in [2.45, 2.75) is 11.3 Å². The van der Waals surface area contributed by atoms with E-state index in [9.17, 15) is 0 Å². The van der Waals surface area contributed by atoms with Gasteiger partial charge in [0.15, 0.2) is 0 Å². The molecule has 17 heavy (non-hydrogen) atoms. The van der Waals surface area contributed by atoms with Gasteiger partial charge in [0.1, 0.15) is 5.82 Å². The van der Waals surface area contributed by atoms with Crippen molar-refractivity contribution >= 4 is 40.9 Å². The zero-order chi connectivity index (χ0) is 12.3. The van der Waals surface area contributed by atoms with Gasteiger partial charge in [-0.1, -0.05) is 11.6 Å². The number of thioether (sulfide) groups is 2. The molecule has 4 nitrogen and oxygen atoms in total. The van der Waals surface area contributed by atoms with E-state index in [1.54, 1.807) is 6.20 Å². The number of halogens is 1. The Bertz CT molecular complexity index is 385. The number of pyridine rings is 1. The molecule has 1 aromatic rings. The van der Waals surface area contributed by atoms with Crippen LogP contribution in [0, 0.1) is 0 Å². The molecule has 0 bridgehead atoms. The lowest BCUT2D eigenvalue weighted by Gasteiger charge is -2.29. The van der Waals surface area contributed by atoms with Crippen molar-refractivity contribution in [3.63, 3.8) is 0 Å². The maximum absolute atomic E-state index is 5.96. The number of nitrogens with one attached hydrogen (secondary N) is 1. The Morgan fingerprint density at radius 2 is 2.35 bits per heavy atom. The van der Waals surface area contributed by atoms with Crippen LogP contribution in [-0.4, -0.2) is 27.5 Å². The first-order valence-corrected chi connectivity index (χ1v) is 7.87. The standard InChI is InChI=1S/C10H15ClN4S2/c11-6-3-7(10(12)14-4-6)9(15-13)8-5-16-1-2-17-8/h3-4,8-9,15H,1-2,5,13H2,(H2,12,14). The molecule has 0 aromatic carbocycles. The van der Waals surface area contributed by atoms with Gasteiger partial charge in [0, 0.05) is 34.3 Å². The van der Waals surface area contributed by atoms with Crippen molar-refractivity contribution in [1.82, 2.24) is 10.4 Å². The lowest BCUT2D eigenvalue weighted by atomic mass is 10.1. The van der Waals surface area contributed by atoms with Gasteiger partial charge >= 0.3 is 0 Å². The number of nitrogens with zero attached hydrogens (tertiary/aromatic N) is 1. The summed E-state index contributed by atoms with van der Waals surface area (Å²) in [6.07, 6.45) is 1.55. The van der Waals surface area contributed by atoms with Gasteiger partial charge in [-0.3, -0.25) is 11.3 Å². The van der Waals surface area contributed by atoms with Gasteiger partial charge in [-0.05, 0) is 6.07 Å². The number of anilines is 1. The maximum atomic E-state index is 5.96. The van der Waals surface area contributed by atoms with Crippen LogP contribution >= 0.6 is 35.1 Å². The molecular weight excluding hydrogens is 276 g/mol. The maximum Gasteiger partial charge on any atom is 0.128 e. The highest BCUT2D eigenvalue weighted by atomic mass is 35.5. The number of hydrazine groups is 1. The summed E-state index contributed by atoms with van der Waals surface area (Å²) in [4.78, 5) is 4.08. The van der Waals surface area contributed by atoms with Gasteiger partial charge in [-0.25, -0.2) is 4.98 Å². The predicted molar refractivity (Wildman–Crippen MR) is 77.3 cm³/mol. The SMILES string of the molecule is NNC(c1cc(Cl)cnc1N)C1CSCCS1. The van der Waals surface area contributed by atoms with Gasteiger partial charge in [0.05, 0.1) is 11.1 Å². The molecular formula is C10H15ClN4S2. The number of rotatable bonds is 3. The highest BCUT2D eigenvalue weighted by Crippen LogP contribution is 2.35. The van der Waals surface area contributed by atoms with E-state index in [2.05, 4.69) is 10.4 Å². The lowest BCUT2D eigenvalue weighted by molar-refractivity contribution is 0.553. The van der Waals surface area contributed by atoms with Crippen molar-refractivity contribution in [3.8, 4) is 0 Å². The molecule has 1 saturated heterocycles. The number of nitrogens with two attached hydrogens (primary N) is 2. The average Bonchev–Trinajstić information content (AvgIpc) is 2.36. The summed E-state index contributed by atoms with van der Waals surface area (Å²) in [5, 5.41) is 0.990. The quantitative estimate of drug-likeness (QED) is 0.581. The van der Waals surface area contributed by atoms with E-state index in [1.807, 2.05) is 29.6 Å². The summed E-state index contributed by atoms with van der Waals surface area (Å²) in [6, 6.07) is 1.84. The molecule has 0 saturated carbocycles. The summed E-state index contributed by atoms with van der Waals surface area (Å²) in [6.45, 7) is 0. The van der Waals surface area contributed by atoms with Crippen molar-refractivity contribution in [2.24, 2.45) is 5.84 Å².